The lowest BCUT2D eigenvalue weighted by molar-refractivity contribution is -0.131. The van der Waals surface area contributed by atoms with Crippen molar-refractivity contribution in [2.45, 2.75) is 78.7 Å². The summed E-state index contributed by atoms with van der Waals surface area (Å²) in [4.78, 5) is 14.0. The number of allylic oxidation sites excluding steroid dienone is 4. The van der Waals surface area contributed by atoms with Crippen molar-refractivity contribution < 1.29 is 4.79 Å². The minimum absolute atomic E-state index is 0.269. The molecule has 1 saturated heterocycles. The molecule has 2 atom stereocenters. The number of likely N-dealkylation sites (tertiary alicyclic amines) is 1. The molecule has 0 radical (unpaired) electrons. The lowest BCUT2D eigenvalue weighted by atomic mass is 9.83. The molecule has 2 fully saturated rings. The number of amides is 1. The van der Waals surface area contributed by atoms with Gasteiger partial charge in [0.15, 0.2) is 0 Å². The monoisotopic (exact) mass is 394 g/mol. The second kappa shape index (κ2) is 9.65. The molecule has 1 heterocycles. The van der Waals surface area contributed by atoms with Crippen LogP contribution in [0.3, 0.4) is 0 Å². The normalized spacial score (nSPS) is 23.3. The highest BCUT2D eigenvalue weighted by Crippen LogP contribution is 2.40. The molecule has 1 aromatic rings. The summed E-state index contributed by atoms with van der Waals surface area (Å²) >= 11 is 0. The van der Waals surface area contributed by atoms with E-state index in [-0.39, 0.29) is 11.9 Å². The highest BCUT2D eigenvalue weighted by molar-refractivity contribution is 5.77. The molecule has 3 aliphatic rings. The van der Waals surface area contributed by atoms with Gasteiger partial charge >= 0.3 is 0 Å². The van der Waals surface area contributed by atoms with Crippen molar-refractivity contribution in [1.82, 2.24) is 4.90 Å². The Morgan fingerprint density at radius 1 is 1.21 bits per heavy atom. The lowest BCUT2D eigenvalue weighted by Crippen LogP contribution is -2.30. The highest BCUT2D eigenvalue weighted by atomic mass is 16.2. The topological polar surface area (TPSA) is 32.3 Å². The Labute approximate surface area is 177 Å². The predicted octanol–water partition coefficient (Wildman–Crippen LogP) is 6.56. The molecule has 1 unspecified atom stereocenters. The summed E-state index contributed by atoms with van der Waals surface area (Å²) < 4.78 is 0. The van der Waals surface area contributed by atoms with Gasteiger partial charge in [-0.25, -0.2) is 0 Å². The smallest absolute Gasteiger partial charge is 0.222 e. The average Bonchev–Trinajstić information content (AvgIpc) is 3.36. The molecule has 0 bridgehead atoms. The van der Waals surface area contributed by atoms with Crippen LogP contribution in [0.25, 0.3) is 0 Å². The van der Waals surface area contributed by atoms with E-state index >= 15 is 0 Å². The van der Waals surface area contributed by atoms with Gasteiger partial charge in [0, 0.05) is 25.7 Å². The Morgan fingerprint density at radius 2 is 2.00 bits per heavy atom. The number of rotatable bonds is 3. The second-order valence-electron chi connectivity index (χ2n) is 8.78. The van der Waals surface area contributed by atoms with Crippen LogP contribution in [0.4, 0.5) is 5.69 Å². The van der Waals surface area contributed by atoms with Crippen molar-refractivity contribution in [3.05, 3.63) is 52.1 Å². The van der Waals surface area contributed by atoms with Crippen molar-refractivity contribution in [2.24, 2.45) is 5.92 Å². The SMILES string of the molecule is CC1=C2CCCC(C)C2=CC1.CCC(=O)N1CCC[C@H]1c1cccc(NC)c1C. The molecule has 1 saturated carbocycles. The van der Waals surface area contributed by atoms with Gasteiger partial charge in [0.2, 0.25) is 5.91 Å². The van der Waals surface area contributed by atoms with Crippen LogP contribution in [0, 0.1) is 12.8 Å². The zero-order valence-corrected chi connectivity index (χ0v) is 19.0. The Kier molecular flexibility index (Phi) is 7.21. The number of nitrogens with one attached hydrogen (secondary N) is 1. The van der Waals surface area contributed by atoms with Crippen LogP contribution in [0.15, 0.2) is 41.0 Å². The third-order valence-corrected chi connectivity index (χ3v) is 6.97. The van der Waals surface area contributed by atoms with E-state index in [1.54, 1.807) is 16.7 Å². The molecule has 1 aliphatic heterocycles. The van der Waals surface area contributed by atoms with E-state index < -0.39 is 0 Å². The fourth-order valence-electron chi connectivity index (χ4n) is 5.23. The molecule has 1 aromatic carbocycles. The number of anilines is 1. The molecule has 1 amide bonds. The van der Waals surface area contributed by atoms with Gasteiger partial charge in [-0.15, -0.1) is 0 Å². The minimum Gasteiger partial charge on any atom is -0.388 e. The van der Waals surface area contributed by atoms with Gasteiger partial charge in [0.05, 0.1) is 6.04 Å². The maximum atomic E-state index is 12.0. The summed E-state index contributed by atoms with van der Waals surface area (Å²) in [5, 5.41) is 3.21. The van der Waals surface area contributed by atoms with Crippen LogP contribution < -0.4 is 5.32 Å². The zero-order chi connectivity index (χ0) is 21.0. The van der Waals surface area contributed by atoms with Gasteiger partial charge in [-0.3, -0.25) is 4.79 Å². The van der Waals surface area contributed by atoms with Crippen LogP contribution in [-0.4, -0.2) is 24.4 Å². The van der Waals surface area contributed by atoms with Crippen LogP contribution in [0.1, 0.15) is 82.9 Å². The fourth-order valence-corrected chi connectivity index (χ4v) is 5.23. The zero-order valence-electron chi connectivity index (χ0n) is 19.0. The van der Waals surface area contributed by atoms with Crippen molar-refractivity contribution in [2.75, 3.05) is 18.9 Å². The van der Waals surface area contributed by atoms with Crippen molar-refractivity contribution >= 4 is 11.6 Å². The van der Waals surface area contributed by atoms with Crippen molar-refractivity contribution in [1.29, 1.82) is 0 Å². The number of carbonyl (C=O) groups excluding carboxylic acids is 1. The Hall–Kier alpha value is -2.03. The molecular weight excluding hydrogens is 356 g/mol. The first-order valence-electron chi connectivity index (χ1n) is 11.4. The third-order valence-electron chi connectivity index (χ3n) is 6.97. The molecule has 2 aliphatic carbocycles. The molecule has 3 heteroatoms. The van der Waals surface area contributed by atoms with E-state index in [4.69, 9.17) is 0 Å². The standard InChI is InChI=1S/C15H22N2O.C11H16/c1-4-15(18)17-10-6-9-14(17)12-7-5-8-13(16-3)11(12)2;1-8-4-3-5-10-9(2)6-7-11(8)10/h5,7-8,14,16H,4,6,9-10H2,1-3H3;7-8H,3-6H2,1-2H3/t14-;/m0./s1. The molecule has 0 spiro atoms. The number of benzene rings is 1. The quantitative estimate of drug-likeness (QED) is 0.629. The number of carbonyl (C=O) groups is 1. The van der Waals surface area contributed by atoms with Crippen molar-refractivity contribution in [3.63, 3.8) is 0 Å². The van der Waals surface area contributed by atoms with E-state index in [0.29, 0.717) is 6.42 Å². The van der Waals surface area contributed by atoms with Gasteiger partial charge in [-0.2, -0.15) is 0 Å². The summed E-state index contributed by atoms with van der Waals surface area (Å²) in [6.07, 6.45) is 10.6. The van der Waals surface area contributed by atoms with Gasteiger partial charge in [-0.05, 0) is 86.6 Å². The Morgan fingerprint density at radius 3 is 2.69 bits per heavy atom. The first-order valence-corrected chi connectivity index (χ1v) is 11.4. The van der Waals surface area contributed by atoms with Crippen LogP contribution in [-0.2, 0) is 4.79 Å². The summed E-state index contributed by atoms with van der Waals surface area (Å²) in [5.74, 6) is 1.11. The molecular formula is C26H38N2O. The maximum absolute atomic E-state index is 12.0. The number of nitrogens with zero attached hydrogens (tertiary/aromatic N) is 1. The molecule has 1 N–H and O–H groups in total. The largest absolute Gasteiger partial charge is 0.388 e. The van der Waals surface area contributed by atoms with Crippen LogP contribution in [0.2, 0.25) is 0 Å². The van der Waals surface area contributed by atoms with E-state index in [9.17, 15) is 4.79 Å². The summed E-state index contributed by atoms with van der Waals surface area (Å²) in [5.41, 5.74) is 8.72. The summed E-state index contributed by atoms with van der Waals surface area (Å²) in [7, 11) is 1.94. The first kappa shape index (κ1) is 21.7. The summed E-state index contributed by atoms with van der Waals surface area (Å²) in [6.45, 7) is 9.63. The minimum atomic E-state index is 0.269. The van der Waals surface area contributed by atoms with Gasteiger partial charge in [-0.1, -0.05) is 37.6 Å². The lowest BCUT2D eigenvalue weighted by Gasteiger charge is -2.26. The van der Waals surface area contributed by atoms with Crippen LogP contribution >= 0.6 is 0 Å². The van der Waals surface area contributed by atoms with Gasteiger partial charge in [0.25, 0.3) is 0 Å². The molecule has 29 heavy (non-hydrogen) atoms. The summed E-state index contributed by atoms with van der Waals surface area (Å²) in [6, 6.07) is 6.58. The second-order valence-corrected chi connectivity index (χ2v) is 8.78. The third kappa shape index (κ3) is 4.60. The van der Waals surface area contributed by atoms with E-state index in [1.165, 1.54) is 36.8 Å². The first-order chi connectivity index (χ1) is 14.0. The fraction of sp³-hybridized carbons (Fsp3) is 0.577. The van der Waals surface area contributed by atoms with Crippen molar-refractivity contribution in [3.8, 4) is 0 Å². The molecule has 4 rings (SSSR count). The van der Waals surface area contributed by atoms with E-state index in [0.717, 1.165) is 31.0 Å². The maximum Gasteiger partial charge on any atom is 0.222 e. The average molecular weight is 395 g/mol. The molecule has 0 aromatic heterocycles. The number of hydrogen-bond donors (Lipinski definition) is 1. The van der Waals surface area contributed by atoms with E-state index in [1.807, 2.05) is 18.9 Å². The highest BCUT2D eigenvalue weighted by Gasteiger charge is 2.30. The Bertz CT molecular complexity index is 805. The van der Waals surface area contributed by atoms with Gasteiger partial charge in [0.1, 0.15) is 0 Å². The molecule has 3 nitrogen and oxygen atoms in total. The number of hydrogen-bond acceptors (Lipinski definition) is 2. The van der Waals surface area contributed by atoms with E-state index in [2.05, 4.69) is 50.4 Å². The Balaban J connectivity index is 0.000000186. The van der Waals surface area contributed by atoms with Crippen LogP contribution in [0.5, 0.6) is 0 Å². The number of fused-ring (bicyclic) bond motifs is 1. The van der Waals surface area contributed by atoms with Gasteiger partial charge < -0.3 is 10.2 Å². The molecule has 158 valence electrons. The predicted molar refractivity (Wildman–Crippen MR) is 123 cm³/mol.